The third-order valence-electron chi connectivity index (χ3n) is 4.50. The molecule has 0 fully saturated rings. The van der Waals surface area contributed by atoms with Crippen molar-refractivity contribution < 1.29 is 0 Å². The third kappa shape index (κ3) is 2.31. The predicted octanol–water partition coefficient (Wildman–Crippen LogP) is 5.47. The first-order chi connectivity index (χ1) is 5.75. The molecule has 0 saturated carbocycles. The van der Waals surface area contributed by atoms with Gasteiger partial charge in [-0.3, -0.25) is 0 Å². The SMILES string of the molecule is C[C](C)(C)[Sn]([CH3])([C](C)(C)C)[C](C)(C)C. The van der Waals surface area contributed by atoms with E-state index in [1.54, 1.807) is 0 Å². The van der Waals surface area contributed by atoms with Crippen LogP contribution in [0.5, 0.6) is 0 Å². The van der Waals surface area contributed by atoms with Gasteiger partial charge in [-0.25, -0.2) is 0 Å². The summed E-state index contributed by atoms with van der Waals surface area (Å²) < 4.78 is 1.60. The molecule has 0 rings (SSSR count). The van der Waals surface area contributed by atoms with Crippen LogP contribution in [0.3, 0.4) is 0 Å². The Morgan fingerprint density at radius 1 is 0.500 bits per heavy atom. The fourth-order valence-corrected chi connectivity index (χ4v) is 22.6. The van der Waals surface area contributed by atoms with Crippen molar-refractivity contribution in [2.45, 2.75) is 77.5 Å². The summed E-state index contributed by atoms with van der Waals surface area (Å²) in [6.45, 7) is 22.1. The van der Waals surface area contributed by atoms with Gasteiger partial charge in [-0.1, -0.05) is 0 Å². The summed E-state index contributed by atoms with van der Waals surface area (Å²) in [5.41, 5.74) is 0. The van der Waals surface area contributed by atoms with Gasteiger partial charge in [0, 0.05) is 0 Å². The van der Waals surface area contributed by atoms with Crippen LogP contribution in [0.1, 0.15) is 62.3 Å². The van der Waals surface area contributed by atoms with Crippen LogP contribution in [0, 0.1) is 0 Å². The molecule has 0 N–H and O–H groups in total. The van der Waals surface area contributed by atoms with Crippen molar-refractivity contribution in [3.8, 4) is 0 Å². The Morgan fingerprint density at radius 3 is 0.643 bits per heavy atom. The molecule has 0 aromatic heterocycles. The van der Waals surface area contributed by atoms with Gasteiger partial charge in [0.05, 0.1) is 0 Å². The van der Waals surface area contributed by atoms with E-state index in [1.807, 2.05) is 0 Å². The van der Waals surface area contributed by atoms with Crippen LogP contribution in [0.4, 0.5) is 0 Å². The number of hydrogen-bond acceptors (Lipinski definition) is 0. The van der Waals surface area contributed by atoms with Gasteiger partial charge >= 0.3 is 95.9 Å². The van der Waals surface area contributed by atoms with E-state index in [2.05, 4.69) is 67.3 Å². The van der Waals surface area contributed by atoms with E-state index in [-0.39, 0.29) is 0 Å². The maximum atomic E-state index is 2.65. The average molecular weight is 305 g/mol. The van der Waals surface area contributed by atoms with Crippen LogP contribution < -0.4 is 0 Å². The monoisotopic (exact) mass is 306 g/mol. The Kier molecular flexibility index (Phi) is 3.89. The van der Waals surface area contributed by atoms with Crippen molar-refractivity contribution in [2.24, 2.45) is 0 Å². The van der Waals surface area contributed by atoms with Gasteiger partial charge in [0.15, 0.2) is 0 Å². The molecular formula is C13H30Sn. The molecule has 1 heteroatoms. The zero-order valence-electron chi connectivity index (χ0n) is 12.0. The van der Waals surface area contributed by atoms with Gasteiger partial charge in [-0.2, -0.15) is 0 Å². The van der Waals surface area contributed by atoms with E-state index in [9.17, 15) is 0 Å². The zero-order chi connectivity index (χ0) is 12.0. The molecule has 0 aliphatic carbocycles. The fourth-order valence-electron chi connectivity index (χ4n) is 3.38. The number of rotatable bonds is 0. The molecule has 0 aromatic rings. The Balaban J connectivity index is 5.54. The summed E-state index contributed by atoms with van der Waals surface area (Å²) >= 11 is -2.21. The first-order valence-electron chi connectivity index (χ1n) is 5.75. The van der Waals surface area contributed by atoms with Crippen molar-refractivity contribution in [3.63, 3.8) is 0 Å². The molecule has 0 nitrogen and oxygen atoms in total. The Labute approximate surface area is 95.7 Å². The average Bonchev–Trinajstić information content (AvgIpc) is 1.77. The minimum absolute atomic E-state index is 0.533. The molecule has 0 unspecified atom stereocenters. The maximum absolute atomic E-state index is 2.65. The molecule has 14 heavy (non-hydrogen) atoms. The summed E-state index contributed by atoms with van der Waals surface area (Å²) in [5.74, 6) is 0. The van der Waals surface area contributed by atoms with E-state index in [1.165, 1.54) is 0 Å². The van der Waals surface area contributed by atoms with E-state index in [4.69, 9.17) is 0 Å². The molecule has 0 saturated heterocycles. The quantitative estimate of drug-likeness (QED) is 0.521. The van der Waals surface area contributed by atoms with Crippen LogP contribution in [-0.4, -0.2) is 18.4 Å². The van der Waals surface area contributed by atoms with Gasteiger partial charge in [0.25, 0.3) is 0 Å². The van der Waals surface area contributed by atoms with Gasteiger partial charge in [-0.05, 0) is 0 Å². The predicted molar refractivity (Wildman–Crippen MR) is 70.8 cm³/mol. The van der Waals surface area contributed by atoms with Gasteiger partial charge in [0.1, 0.15) is 0 Å². The Morgan fingerprint density at radius 2 is 0.643 bits per heavy atom. The van der Waals surface area contributed by atoms with Crippen molar-refractivity contribution >= 4 is 18.4 Å². The molecule has 0 heterocycles. The first kappa shape index (κ1) is 14.8. The van der Waals surface area contributed by atoms with Crippen LogP contribution in [-0.2, 0) is 0 Å². The van der Waals surface area contributed by atoms with Crippen LogP contribution in [0.2, 0.25) is 15.2 Å². The molecule has 0 aliphatic heterocycles. The molecular weight excluding hydrogens is 275 g/mol. The fraction of sp³-hybridized carbons (Fsp3) is 1.00. The van der Waals surface area contributed by atoms with Crippen LogP contribution >= 0.6 is 0 Å². The van der Waals surface area contributed by atoms with Gasteiger partial charge in [0.2, 0.25) is 0 Å². The van der Waals surface area contributed by atoms with E-state index < -0.39 is 18.4 Å². The molecule has 0 radical (unpaired) electrons. The topological polar surface area (TPSA) is 0 Å². The van der Waals surface area contributed by atoms with E-state index >= 15 is 0 Å². The standard InChI is InChI=1S/3C4H9.CH3.Sn/c3*1-4(2)3;;/h3*1-3H3;1H3;. The molecule has 0 spiro atoms. The molecule has 0 atom stereocenters. The first-order valence-corrected chi connectivity index (χ1v) is 12.9. The molecule has 0 bridgehead atoms. The number of hydrogen-bond donors (Lipinski definition) is 0. The van der Waals surface area contributed by atoms with Gasteiger partial charge in [-0.15, -0.1) is 0 Å². The van der Waals surface area contributed by atoms with Crippen LogP contribution in [0.25, 0.3) is 0 Å². The minimum atomic E-state index is -2.21. The van der Waals surface area contributed by atoms with Crippen molar-refractivity contribution in [3.05, 3.63) is 0 Å². The third-order valence-corrected chi connectivity index (χ3v) is 30.2. The van der Waals surface area contributed by atoms with Crippen LogP contribution in [0.15, 0.2) is 0 Å². The molecule has 0 aliphatic rings. The van der Waals surface area contributed by atoms with Crippen molar-refractivity contribution in [1.29, 1.82) is 0 Å². The molecule has 0 aromatic carbocycles. The van der Waals surface area contributed by atoms with Crippen molar-refractivity contribution in [2.75, 3.05) is 0 Å². The summed E-state index contributed by atoms with van der Waals surface area (Å²) in [5, 5.41) is 0. The molecule has 0 amide bonds. The van der Waals surface area contributed by atoms with Gasteiger partial charge < -0.3 is 0 Å². The second kappa shape index (κ2) is 3.68. The normalized spacial score (nSPS) is 15.9. The Bertz CT molecular complexity index is 159. The summed E-state index contributed by atoms with van der Waals surface area (Å²) in [4.78, 5) is 2.65. The summed E-state index contributed by atoms with van der Waals surface area (Å²) in [7, 11) is 0. The second-order valence-electron chi connectivity index (χ2n) is 7.88. The van der Waals surface area contributed by atoms with E-state index in [0.29, 0.717) is 10.3 Å². The zero-order valence-corrected chi connectivity index (χ0v) is 14.9. The van der Waals surface area contributed by atoms with E-state index in [0.717, 1.165) is 0 Å². The molecule has 86 valence electrons. The van der Waals surface area contributed by atoms with Crippen molar-refractivity contribution in [1.82, 2.24) is 0 Å². The Hall–Kier alpha value is 0.799. The second-order valence-corrected chi connectivity index (χ2v) is 27.1. The summed E-state index contributed by atoms with van der Waals surface area (Å²) in [6, 6.07) is 0. The summed E-state index contributed by atoms with van der Waals surface area (Å²) in [6.07, 6.45) is 0.